The third-order valence-corrected chi connectivity index (χ3v) is 7.85. The Kier molecular flexibility index (Phi) is 7.12. The Morgan fingerprint density at radius 2 is 1.68 bits per heavy atom. The Bertz CT molecular complexity index is 1430. The number of hydrogen-bond acceptors (Lipinski definition) is 6. The van der Waals surface area contributed by atoms with Crippen molar-refractivity contribution < 1.29 is 21.2 Å². The van der Waals surface area contributed by atoms with Gasteiger partial charge in [-0.2, -0.15) is 0 Å². The number of sulfone groups is 1. The molecule has 34 heavy (non-hydrogen) atoms. The highest BCUT2D eigenvalue weighted by molar-refractivity contribution is 7.92. The zero-order valence-corrected chi connectivity index (χ0v) is 21.8. The summed E-state index contributed by atoms with van der Waals surface area (Å²) in [4.78, 5) is 0.00798. The SMILES string of the molecule is Cn1c(CCS(C)(=O)=O)nnc1-c1cc(Cl)c(F)cc1NS(=O)(=O)c1ccc(C(C)(C)C)cc1. The molecule has 12 heteroatoms. The van der Waals surface area contributed by atoms with Crippen molar-refractivity contribution in [1.29, 1.82) is 0 Å². The van der Waals surface area contributed by atoms with Gasteiger partial charge in [-0.15, -0.1) is 10.2 Å². The summed E-state index contributed by atoms with van der Waals surface area (Å²) in [6.07, 6.45) is 1.23. The average Bonchev–Trinajstić information content (AvgIpc) is 3.08. The van der Waals surface area contributed by atoms with Gasteiger partial charge in [0, 0.05) is 31.4 Å². The lowest BCUT2D eigenvalue weighted by atomic mass is 9.87. The molecule has 0 bridgehead atoms. The Balaban J connectivity index is 2.01. The van der Waals surface area contributed by atoms with Crippen molar-refractivity contribution in [3.05, 3.63) is 58.6 Å². The molecular weight excluding hydrogens is 503 g/mol. The molecule has 0 spiro atoms. The van der Waals surface area contributed by atoms with Crippen LogP contribution in [0.5, 0.6) is 0 Å². The molecule has 0 aliphatic rings. The van der Waals surface area contributed by atoms with Crippen LogP contribution in [0.4, 0.5) is 10.1 Å². The van der Waals surface area contributed by atoms with Crippen molar-refractivity contribution in [3.63, 3.8) is 0 Å². The minimum atomic E-state index is -4.07. The lowest BCUT2D eigenvalue weighted by Crippen LogP contribution is -2.16. The van der Waals surface area contributed by atoms with Crippen LogP contribution in [0.25, 0.3) is 11.4 Å². The first-order chi connectivity index (χ1) is 15.6. The summed E-state index contributed by atoms with van der Waals surface area (Å²) in [5.74, 6) is -0.378. The molecule has 0 saturated heterocycles. The molecule has 3 rings (SSSR count). The Hall–Kier alpha value is -2.50. The highest BCUT2D eigenvalue weighted by atomic mass is 35.5. The Morgan fingerprint density at radius 1 is 1.06 bits per heavy atom. The van der Waals surface area contributed by atoms with Crippen LogP contribution < -0.4 is 4.72 Å². The molecule has 8 nitrogen and oxygen atoms in total. The van der Waals surface area contributed by atoms with Gasteiger partial charge in [0.25, 0.3) is 10.0 Å². The van der Waals surface area contributed by atoms with E-state index >= 15 is 0 Å². The molecular formula is C22H26ClFN4O4S2. The number of nitrogens with one attached hydrogen (secondary N) is 1. The largest absolute Gasteiger partial charge is 0.314 e. The van der Waals surface area contributed by atoms with Gasteiger partial charge in [-0.3, -0.25) is 4.72 Å². The second kappa shape index (κ2) is 9.27. The van der Waals surface area contributed by atoms with Gasteiger partial charge < -0.3 is 4.57 Å². The van der Waals surface area contributed by atoms with Crippen molar-refractivity contribution >= 4 is 37.1 Å². The maximum absolute atomic E-state index is 14.3. The molecule has 0 aliphatic heterocycles. The highest BCUT2D eigenvalue weighted by Gasteiger charge is 2.23. The molecule has 0 amide bonds. The summed E-state index contributed by atoms with van der Waals surface area (Å²) >= 11 is 5.98. The molecule has 0 radical (unpaired) electrons. The van der Waals surface area contributed by atoms with Crippen LogP contribution in [0.2, 0.25) is 5.02 Å². The van der Waals surface area contributed by atoms with Crippen LogP contribution in [0, 0.1) is 5.82 Å². The van der Waals surface area contributed by atoms with Crippen LogP contribution in [0.3, 0.4) is 0 Å². The van der Waals surface area contributed by atoms with Crippen molar-refractivity contribution in [2.45, 2.75) is 37.5 Å². The van der Waals surface area contributed by atoms with E-state index in [9.17, 15) is 21.2 Å². The van der Waals surface area contributed by atoms with Gasteiger partial charge in [-0.1, -0.05) is 44.5 Å². The maximum Gasteiger partial charge on any atom is 0.261 e. The molecule has 3 aromatic rings. The molecule has 0 saturated carbocycles. The third kappa shape index (κ3) is 5.94. The van der Waals surface area contributed by atoms with Crippen LogP contribution in [0.15, 0.2) is 41.3 Å². The first-order valence-corrected chi connectivity index (χ1v) is 14.2. The van der Waals surface area contributed by atoms with Gasteiger partial charge >= 0.3 is 0 Å². The Labute approximate surface area is 204 Å². The number of hydrogen-bond donors (Lipinski definition) is 1. The normalized spacial score (nSPS) is 12.7. The lowest BCUT2D eigenvalue weighted by molar-refractivity contribution is 0.587. The van der Waals surface area contributed by atoms with Crippen LogP contribution in [-0.2, 0) is 38.7 Å². The number of anilines is 1. The van der Waals surface area contributed by atoms with Gasteiger partial charge in [0.1, 0.15) is 21.5 Å². The number of sulfonamides is 1. The molecule has 1 N–H and O–H groups in total. The predicted octanol–water partition coefficient (Wildman–Crippen LogP) is 3.96. The van der Waals surface area contributed by atoms with Crippen LogP contribution >= 0.6 is 11.6 Å². The summed E-state index contributed by atoms with van der Waals surface area (Å²) in [5, 5.41) is 7.84. The summed E-state index contributed by atoms with van der Waals surface area (Å²) < 4.78 is 67.4. The highest BCUT2D eigenvalue weighted by Crippen LogP contribution is 2.34. The quantitative estimate of drug-likeness (QED) is 0.497. The van der Waals surface area contributed by atoms with E-state index in [1.165, 1.54) is 22.8 Å². The van der Waals surface area contributed by atoms with E-state index in [1.807, 2.05) is 20.8 Å². The van der Waals surface area contributed by atoms with E-state index in [1.54, 1.807) is 19.2 Å². The Morgan fingerprint density at radius 3 is 2.24 bits per heavy atom. The molecule has 184 valence electrons. The summed E-state index contributed by atoms with van der Waals surface area (Å²) in [6.45, 7) is 6.05. The molecule has 0 unspecified atom stereocenters. The first kappa shape index (κ1) is 26.1. The minimum Gasteiger partial charge on any atom is -0.314 e. The van der Waals surface area contributed by atoms with E-state index in [0.29, 0.717) is 5.82 Å². The fourth-order valence-electron chi connectivity index (χ4n) is 3.24. The van der Waals surface area contributed by atoms with Crippen LogP contribution in [0.1, 0.15) is 32.2 Å². The second-order valence-electron chi connectivity index (χ2n) is 9.07. The van der Waals surface area contributed by atoms with Gasteiger partial charge in [-0.05, 0) is 29.2 Å². The fraction of sp³-hybridized carbons (Fsp3) is 0.364. The third-order valence-electron chi connectivity index (χ3n) is 5.24. The molecule has 1 heterocycles. The second-order valence-corrected chi connectivity index (χ2v) is 13.4. The van der Waals surface area contributed by atoms with Gasteiger partial charge in [0.15, 0.2) is 5.82 Å². The van der Waals surface area contributed by atoms with E-state index in [2.05, 4.69) is 14.9 Å². The minimum absolute atomic E-state index is 0.00798. The monoisotopic (exact) mass is 528 g/mol. The predicted molar refractivity (Wildman–Crippen MR) is 131 cm³/mol. The number of nitrogens with zero attached hydrogens (tertiary/aromatic N) is 3. The van der Waals surface area contributed by atoms with Gasteiger partial charge in [-0.25, -0.2) is 21.2 Å². The number of aromatic nitrogens is 3. The molecule has 0 atom stereocenters. The smallest absolute Gasteiger partial charge is 0.261 e. The van der Waals surface area contributed by atoms with E-state index in [-0.39, 0.29) is 44.6 Å². The standard InChI is InChI=1S/C22H26ClFN4O4S2/c1-22(2,3)14-6-8-15(9-7-14)34(31,32)27-19-13-18(24)17(23)12-16(19)21-26-25-20(28(21)4)10-11-33(5,29)30/h6-9,12-13,27H,10-11H2,1-5H3. The van der Waals surface area contributed by atoms with Gasteiger partial charge in [0.2, 0.25) is 0 Å². The average molecular weight is 529 g/mol. The zero-order valence-electron chi connectivity index (χ0n) is 19.4. The van der Waals surface area contributed by atoms with E-state index < -0.39 is 25.7 Å². The summed E-state index contributed by atoms with van der Waals surface area (Å²) in [7, 11) is -5.69. The van der Waals surface area contributed by atoms with Gasteiger partial charge in [0.05, 0.1) is 21.4 Å². The van der Waals surface area contributed by atoms with E-state index in [0.717, 1.165) is 17.9 Å². The lowest BCUT2D eigenvalue weighted by Gasteiger charge is -2.19. The van der Waals surface area contributed by atoms with Crippen molar-refractivity contribution in [2.24, 2.45) is 7.05 Å². The van der Waals surface area contributed by atoms with Crippen molar-refractivity contribution in [3.8, 4) is 11.4 Å². The fourth-order valence-corrected chi connectivity index (χ4v) is 5.03. The van der Waals surface area contributed by atoms with Crippen molar-refractivity contribution in [1.82, 2.24) is 14.8 Å². The number of benzene rings is 2. The number of halogens is 2. The van der Waals surface area contributed by atoms with Crippen LogP contribution in [-0.4, -0.2) is 43.6 Å². The topological polar surface area (TPSA) is 111 Å². The summed E-state index contributed by atoms with van der Waals surface area (Å²) in [5.41, 5.74) is 0.932. The zero-order chi connectivity index (χ0) is 25.5. The van der Waals surface area contributed by atoms with E-state index in [4.69, 9.17) is 11.6 Å². The molecule has 2 aromatic carbocycles. The molecule has 0 fully saturated rings. The number of rotatable bonds is 7. The molecule has 1 aromatic heterocycles. The molecule has 0 aliphatic carbocycles. The number of aryl methyl sites for hydroxylation is 1. The first-order valence-electron chi connectivity index (χ1n) is 10.3. The maximum atomic E-state index is 14.3. The summed E-state index contributed by atoms with van der Waals surface area (Å²) in [6, 6.07) is 8.66. The van der Waals surface area contributed by atoms with Crippen molar-refractivity contribution in [2.75, 3.05) is 16.7 Å².